The van der Waals surface area contributed by atoms with Crippen LogP contribution in [0.2, 0.25) is 0 Å². The standard InChI is InChI=1S/C9H10NO/c1-10(8-11)7-9-5-3-2-4-6-9/h2-8H,1H3. The number of amides is 1. The summed E-state index contributed by atoms with van der Waals surface area (Å²) in [4.78, 5) is 11.7. The van der Waals surface area contributed by atoms with E-state index in [-0.39, 0.29) is 0 Å². The van der Waals surface area contributed by atoms with E-state index in [4.69, 9.17) is 0 Å². The van der Waals surface area contributed by atoms with Gasteiger partial charge < -0.3 is 4.90 Å². The Morgan fingerprint density at radius 2 is 1.91 bits per heavy atom. The molecule has 11 heavy (non-hydrogen) atoms. The smallest absolute Gasteiger partial charge is 0.210 e. The Balaban J connectivity index is 2.57. The van der Waals surface area contributed by atoms with Gasteiger partial charge in [-0.15, -0.1) is 0 Å². The zero-order valence-electron chi connectivity index (χ0n) is 6.40. The molecule has 1 radical (unpaired) electrons. The van der Waals surface area contributed by atoms with E-state index in [1.807, 2.05) is 30.3 Å². The summed E-state index contributed by atoms with van der Waals surface area (Å²) in [5.41, 5.74) is 1.03. The molecule has 1 rings (SSSR count). The molecule has 2 heteroatoms. The van der Waals surface area contributed by atoms with Crippen LogP contribution < -0.4 is 0 Å². The van der Waals surface area contributed by atoms with E-state index in [9.17, 15) is 4.79 Å². The molecule has 0 bridgehead atoms. The lowest BCUT2D eigenvalue weighted by Crippen LogP contribution is -2.12. The Morgan fingerprint density at radius 3 is 2.45 bits per heavy atom. The molecule has 2 nitrogen and oxygen atoms in total. The van der Waals surface area contributed by atoms with Crippen LogP contribution in [0.4, 0.5) is 0 Å². The van der Waals surface area contributed by atoms with E-state index in [1.54, 1.807) is 13.6 Å². The fourth-order valence-electron chi connectivity index (χ4n) is 0.805. The monoisotopic (exact) mass is 148 g/mol. The van der Waals surface area contributed by atoms with Gasteiger partial charge in [0.1, 0.15) is 0 Å². The molecule has 0 N–H and O–H groups in total. The van der Waals surface area contributed by atoms with Crippen LogP contribution in [0.25, 0.3) is 0 Å². The van der Waals surface area contributed by atoms with E-state index < -0.39 is 0 Å². The number of hydrogen-bond donors (Lipinski definition) is 0. The fraction of sp³-hybridized carbons (Fsp3) is 0.111. The number of carbonyl (C=O) groups excluding carboxylic acids is 1. The predicted octanol–water partition coefficient (Wildman–Crippen LogP) is 1.28. The average molecular weight is 148 g/mol. The van der Waals surface area contributed by atoms with E-state index in [0.29, 0.717) is 0 Å². The van der Waals surface area contributed by atoms with Crippen molar-refractivity contribution >= 4 is 6.41 Å². The Bertz CT molecular complexity index is 220. The van der Waals surface area contributed by atoms with Crippen molar-refractivity contribution in [1.29, 1.82) is 0 Å². The summed E-state index contributed by atoms with van der Waals surface area (Å²) < 4.78 is 0. The van der Waals surface area contributed by atoms with Gasteiger partial charge >= 0.3 is 0 Å². The van der Waals surface area contributed by atoms with Crippen molar-refractivity contribution in [1.82, 2.24) is 4.90 Å². The third kappa shape index (κ3) is 2.42. The third-order valence-corrected chi connectivity index (χ3v) is 1.32. The van der Waals surface area contributed by atoms with Crippen LogP contribution >= 0.6 is 0 Å². The lowest BCUT2D eigenvalue weighted by molar-refractivity contribution is -0.115. The summed E-state index contributed by atoms with van der Waals surface area (Å²) in [6.07, 6.45) is 0.771. The summed E-state index contributed by atoms with van der Waals surface area (Å²) in [7, 11) is 1.71. The molecule has 0 aliphatic carbocycles. The number of benzene rings is 1. The van der Waals surface area contributed by atoms with Crippen molar-refractivity contribution in [3.05, 3.63) is 42.4 Å². The summed E-state index contributed by atoms with van der Waals surface area (Å²) in [6, 6.07) is 9.70. The van der Waals surface area contributed by atoms with Gasteiger partial charge in [-0.25, -0.2) is 0 Å². The van der Waals surface area contributed by atoms with E-state index in [1.165, 1.54) is 4.90 Å². The summed E-state index contributed by atoms with van der Waals surface area (Å²) in [5.74, 6) is 0. The molecule has 0 saturated heterocycles. The lowest BCUT2D eigenvalue weighted by Gasteiger charge is -2.08. The molecule has 0 fully saturated rings. The molecule has 1 amide bonds. The average Bonchev–Trinajstić information content (AvgIpc) is 2.06. The molecule has 0 aliphatic rings. The normalized spacial score (nSPS) is 9.18. The van der Waals surface area contributed by atoms with Gasteiger partial charge in [0.25, 0.3) is 0 Å². The van der Waals surface area contributed by atoms with E-state index in [0.717, 1.165) is 12.0 Å². The minimum absolute atomic E-state index is 0.771. The van der Waals surface area contributed by atoms with Gasteiger partial charge in [-0.1, -0.05) is 30.3 Å². The number of carbonyl (C=O) groups is 1. The number of rotatable bonds is 3. The van der Waals surface area contributed by atoms with Gasteiger partial charge in [-0.05, 0) is 5.56 Å². The van der Waals surface area contributed by atoms with Crippen molar-refractivity contribution in [3.63, 3.8) is 0 Å². The van der Waals surface area contributed by atoms with Crippen molar-refractivity contribution in [2.45, 2.75) is 0 Å². The lowest BCUT2D eigenvalue weighted by atomic mass is 10.2. The maximum atomic E-state index is 10.2. The second-order valence-corrected chi connectivity index (χ2v) is 2.31. The predicted molar refractivity (Wildman–Crippen MR) is 43.7 cm³/mol. The summed E-state index contributed by atoms with van der Waals surface area (Å²) in [6.45, 7) is 1.77. The molecule has 0 aliphatic heterocycles. The number of hydrogen-bond acceptors (Lipinski definition) is 1. The topological polar surface area (TPSA) is 20.3 Å². The van der Waals surface area contributed by atoms with Gasteiger partial charge in [0.2, 0.25) is 6.41 Å². The Kier molecular flexibility index (Phi) is 2.66. The van der Waals surface area contributed by atoms with Gasteiger partial charge in [-0.2, -0.15) is 0 Å². The van der Waals surface area contributed by atoms with Crippen LogP contribution in [-0.2, 0) is 4.79 Å². The molecule has 1 aromatic rings. The first-order chi connectivity index (χ1) is 5.33. The Labute approximate surface area is 66.4 Å². The van der Waals surface area contributed by atoms with Crippen LogP contribution in [0.3, 0.4) is 0 Å². The number of nitrogens with zero attached hydrogens (tertiary/aromatic N) is 1. The highest BCUT2D eigenvalue weighted by molar-refractivity contribution is 5.49. The maximum Gasteiger partial charge on any atom is 0.210 e. The summed E-state index contributed by atoms with van der Waals surface area (Å²) >= 11 is 0. The molecule has 0 aromatic heterocycles. The van der Waals surface area contributed by atoms with Gasteiger partial charge in [-0.3, -0.25) is 4.79 Å². The van der Waals surface area contributed by atoms with Gasteiger partial charge in [0, 0.05) is 7.05 Å². The van der Waals surface area contributed by atoms with Crippen molar-refractivity contribution in [3.8, 4) is 0 Å². The largest absolute Gasteiger partial charge is 0.339 e. The van der Waals surface area contributed by atoms with Gasteiger partial charge in [0.05, 0.1) is 6.54 Å². The highest BCUT2D eigenvalue weighted by Gasteiger charge is 1.94. The van der Waals surface area contributed by atoms with E-state index in [2.05, 4.69) is 0 Å². The Morgan fingerprint density at radius 1 is 1.27 bits per heavy atom. The van der Waals surface area contributed by atoms with Crippen molar-refractivity contribution < 1.29 is 4.79 Å². The van der Waals surface area contributed by atoms with Crippen LogP contribution in [-0.4, -0.2) is 18.4 Å². The fourth-order valence-corrected chi connectivity index (χ4v) is 0.805. The SMILES string of the molecule is CN([CH]c1ccccc1)C=O. The molecular weight excluding hydrogens is 138 g/mol. The zero-order chi connectivity index (χ0) is 8.10. The second-order valence-electron chi connectivity index (χ2n) is 2.31. The molecule has 0 atom stereocenters. The van der Waals surface area contributed by atoms with Crippen LogP contribution in [0.1, 0.15) is 5.56 Å². The minimum atomic E-state index is 0.771. The second kappa shape index (κ2) is 3.76. The highest BCUT2D eigenvalue weighted by Crippen LogP contribution is 2.02. The molecule has 0 unspecified atom stereocenters. The van der Waals surface area contributed by atoms with E-state index >= 15 is 0 Å². The Hall–Kier alpha value is -1.31. The minimum Gasteiger partial charge on any atom is -0.339 e. The molecule has 0 heterocycles. The molecular formula is C9H10NO. The summed E-state index contributed by atoms with van der Waals surface area (Å²) in [5, 5.41) is 0. The van der Waals surface area contributed by atoms with Crippen LogP contribution in [0, 0.1) is 6.54 Å². The quantitative estimate of drug-likeness (QED) is 0.591. The van der Waals surface area contributed by atoms with Crippen LogP contribution in [0.5, 0.6) is 0 Å². The maximum absolute atomic E-state index is 10.2. The molecule has 1 aromatic carbocycles. The first-order valence-corrected chi connectivity index (χ1v) is 3.40. The zero-order valence-corrected chi connectivity index (χ0v) is 6.40. The molecule has 0 spiro atoms. The van der Waals surface area contributed by atoms with Crippen molar-refractivity contribution in [2.75, 3.05) is 7.05 Å². The molecule has 0 saturated carbocycles. The van der Waals surface area contributed by atoms with Gasteiger partial charge in [0.15, 0.2) is 0 Å². The molecule has 57 valence electrons. The van der Waals surface area contributed by atoms with Crippen LogP contribution in [0.15, 0.2) is 30.3 Å². The van der Waals surface area contributed by atoms with Crippen molar-refractivity contribution in [2.24, 2.45) is 0 Å². The first-order valence-electron chi connectivity index (χ1n) is 3.40. The third-order valence-electron chi connectivity index (χ3n) is 1.32. The highest BCUT2D eigenvalue weighted by atomic mass is 16.1. The first kappa shape index (κ1) is 7.79.